The largest absolute Gasteiger partial charge is 0.485 e. The Morgan fingerprint density at radius 2 is 1.95 bits per heavy atom. The van der Waals surface area contributed by atoms with Gasteiger partial charge in [-0.15, -0.1) is 0 Å². The molecule has 38 heavy (non-hydrogen) atoms. The predicted octanol–water partition coefficient (Wildman–Crippen LogP) is 2.05. The molecule has 1 unspecified atom stereocenters. The van der Waals surface area contributed by atoms with Crippen LogP contribution in [0, 0.1) is 5.41 Å². The maximum Gasteiger partial charge on any atom is 0.257 e. The standard InChI is InChI=1S/C26H33N5O6S/c32-12-14-38(34,35)29-18-1-2-20(22(15-18)30-9-6-26(4-5-26)7-10-30)25(33)28-21-3-8-27-24-23(21)37-17-19-16-36-13-11-31(19)24/h1-3,8,15,19,29,32H,4-7,9-14,16-17H2,(H,27,28,33). The molecule has 1 aliphatic carbocycles. The predicted molar refractivity (Wildman–Crippen MR) is 144 cm³/mol. The molecular formula is C26H33N5O6S. The fourth-order valence-electron chi connectivity index (χ4n) is 5.62. The normalized spacial score (nSPS) is 21.8. The van der Waals surface area contributed by atoms with Crippen LogP contribution in [-0.2, 0) is 14.8 Å². The van der Waals surface area contributed by atoms with Crippen molar-refractivity contribution in [3.05, 3.63) is 36.0 Å². The van der Waals surface area contributed by atoms with Crippen LogP contribution in [0.1, 0.15) is 36.0 Å². The third-order valence-electron chi connectivity index (χ3n) is 8.05. The average molecular weight is 544 g/mol. The fourth-order valence-corrected chi connectivity index (χ4v) is 6.45. The fraction of sp³-hybridized carbons (Fsp3) is 0.538. The van der Waals surface area contributed by atoms with Crippen LogP contribution in [0.5, 0.6) is 5.75 Å². The lowest BCUT2D eigenvalue weighted by atomic mass is 9.93. The van der Waals surface area contributed by atoms with Gasteiger partial charge in [0.15, 0.2) is 11.6 Å². The van der Waals surface area contributed by atoms with Gasteiger partial charge >= 0.3 is 0 Å². The van der Waals surface area contributed by atoms with E-state index in [0.717, 1.165) is 25.9 Å². The zero-order valence-electron chi connectivity index (χ0n) is 21.2. The second-order valence-corrected chi connectivity index (χ2v) is 12.4. The summed E-state index contributed by atoms with van der Waals surface area (Å²) in [5.41, 5.74) is 2.48. The van der Waals surface area contributed by atoms with E-state index in [2.05, 4.69) is 24.8 Å². The number of carbonyl (C=O) groups is 1. The number of carbonyl (C=O) groups excluding carboxylic acids is 1. The number of benzene rings is 1. The summed E-state index contributed by atoms with van der Waals surface area (Å²) in [5.74, 6) is 0.538. The third kappa shape index (κ3) is 4.99. The van der Waals surface area contributed by atoms with Gasteiger partial charge in [0.05, 0.1) is 54.2 Å². The molecule has 2 saturated heterocycles. The van der Waals surface area contributed by atoms with Gasteiger partial charge in [-0.1, -0.05) is 0 Å². The molecule has 204 valence electrons. The summed E-state index contributed by atoms with van der Waals surface area (Å²) in [5, 5.41) is 12.1. The first-order chi connectivity index (χ1) is 18.4. The van der Waals surface area contributed by atoms with Crippen LogP contribution >= 0.6 is 0 Å². The highest BCUT2D eigenvalue weighted by Crippen LogP contribution is 2.54. The maximum absolute atomic E-state index is 13.7. The summed E-state index contributed by atoms with van der Waals surface area (Å²) in [6.07, 6.45) is 6.29. The number of anilines is 4. The van der Waals surface area contributed by atoms with E-state index >= 15 is 0 Å². The van der Waals surface area contributed by atoms with Crippen LogP contribution in [0.3, 0.4) is 0 Å². The number of hydrogen-bond donors (Lipinski definition) is 3. The average Bonchev–Trinajstić information content (AvgIpc) is 3.67. The van der Waals surface area contributed by atoms with Gasteiger partial charge in [0.2, 0.25) is 10.0 Å². The molecular weight excluding hydrogens is 510 g/mol. The number of piperidine rings is 1. The summed E-state index contributed by atoms with van der Waals surface area (Å²) in [6.45, 7) is 3.49. The first-order valence-corrected chi connectivity index (χ1v) is 14.8. The highest BCUT2D eigenvalue weighted by atomic mass is 32.2. The van der Waals surface area contributed by atoms with Gasteiger partial charge in [0.1, 0.15) is 6.61 Å². The Balaban J connectivity index is 1.28. The summed E-state index contributed by atoms with van der Waals surface area (Å²) < 4.78 is 38.7. The Labute approximate surface area is 222 Å². The van der Waals surface area contributed by atoms with Crippen molar-refractivity contribution in [1.29, 1.82) is 0 Å². The third-order valence-corrected chi connectivity index (χ3v) is 9.32. The Hall–Kier alpha value is -3.09. The van der Waals surface area contributed by atoms with Crippen molar-refractivity contribution in [3.63, 3.8) is 0 Å². The monoisotopic (exact) mass is 543 g/mol. The topological polar surface area (TPSA) is 133 Å². The lowest BCUT2D eigenvalue weighted by Crippen LogP contribution is -2.51. The molecule has 3 aliphatic heterocycles. The Kier molecular flexibility index (Phi) is 6.57. The molecule has 2 aromatic rings. The number of aliphatic hydroxyl groups is 1. The number of sulfonamides is 1. The number of nitrogens with zero attached hydrogens (tertiary/aromatic N) is 3. The number of aliphatic hydroxyl groups excluding tert-OH is 1. The quantitative estimate of drug-likeness (QED) is 0.480. The van der Waals surface area contributed by atoms with Crippen molar-refractivity contribution in [2.75, 3.05) is 71.7 Å². The first-order valence-electron chi connectivity index (χ1n) is 13.1. The van der Waals surface area contributed by atoms with E-state index in [1.165, 1.54) is 12.8 Å². The molecule has 11 nitrogen and oxygen atoms in total. The number of nitrogens with one attached hydrogen (secondary N) is 2. The minimum atomic E-state index is -3.70. The number of hydrogen-bond acceptors (Lipinski definition) is 9. The van der Waals surface area contributed by atoms with Gasteiger partial charge in [-0.25, -0.2) is 13.4 Å². The van der Waals surface area contributed by atoms with E-state index in [4.69, 9.17) is 14.6 Å². The molecule has 1 aromatic carbocycles. The Bertz CT molecular complexity index is 1320. The number of amides is 1. The Morgan fingerprint density at radius 1 is 1.13 bits per heavy atom. The van der Waals surface area contributed by atoms with E-state index in [1.54, 1.807) is 30.5 Å². The number of ether oxygens (including phenoxy) is 2. The highest BCUT2D eigenvalue weighted by Gasteiger charge is 2.44. The molecule has 1 atom stereocenters. The smallest absolute Gasteiger partial charge is 0.257 e. The summed E-state index contributed by atoms with van der Waals surface area (Å²) in [4.78, 5) is 22.5. The minimum Gasteiger partial charge on any atom is -0.485 e. The van der Waals surface area contributed by atoms with E-state index in [9.17, 15) is 13.2 Å². The van der Waals surface area contributed by atoms with Gasteiger partial charge in [-0.05, 0) is 55.4 Å². The summed E-state index contributed by atoms with van der Waals surface area (Å²) in [7, 11) is -3.70. The number of rotatable bonds is 7. The number of fused-ring (bicyclic) bond motifs is 3. The molecule has 12 heteroatoms. The van der Waals surface area contributed by atoms with E-state index in [1.807, 2.05) is 0 Å². The van der Waals surface area contributed by atoms with Crippen molar-refractivity contribution in [3.8, 4) is 5.75 Å². The molecule has 6 rings (SSSR count). The van der Waals surface area contributed by atoms with Gasteiger partial charge in [0, 0.05) is 25.8 Å². The molecule has 3 N–H and O–H groups in total. The lowest BCUT2D eigenvalue weighted by Gasteiger charge is -2.40. The van der Waals surface area contributed by atoms with Crippen molar-refractivity contribution in [1.82, 2.24) is 4.98 Å². The Morgan fingerprint density at radius 3 is 2.71 bits per heavy atom. The van der Waals surface area contributed by atoms with Crippen LogP contribution < -0.4 is 24.6 Å². The molecule has 4 heterocycles. The highest BCUT2D eigenvalue weighted by molar-refractivity contribution is 7.92. The van der Waals surface area contributed by atoms with Crippen LogP contribution in [0.25, 0.3) is 0 Å². The molecule has 1 aromatic heterocycles. The molecule has 1 spiro atoms. The van der Waals surface area contributed by atoms with E-state index < -0.39 is 22.4 Å². The van der Waals surface area contributed by atoms with Crippen molar-refractivity contribution in [2.45, 2.75) is 31.7 Å². The number of morpholine rings is 1. The van der Waals surface area contributed by atoms with Gasteiger partial charge in [0.25, 0.3) is 5.91 Å². The van der Waals surface area contributed by atoms with Gasteiger partial charge < -0.3 is 29.7 Å². The second kappa shape index (κ2) is 9.90. The van der Waals surface area contributed by atoms with Gasteiger partial charge in [-0.3, -0.25) is 9.52 Å². The second-order valence-electron chi connectivity index (χ2n) is 10.6. The van der Waals surface area contributed by atoms with E-state index in [-0.39, 0.29) is 11.9 Å². The van der Waals surface area contributed by atoms with Crippen LogP contribution in [0.4, 0.5) is 22.9 Å². The lowest BCUT2D eigenvalue weighted by molar-refractivity contribution is 0.0698. The zero-order valence-corrected chi connectivity index (χ0v) is 22.0. The van der Waals surface area contributed by atoms with Crippen molar-refractivity contribution < 1.29 is 27.8 Å². The summed E-state index contributed by atoms with van der Waals surface area (Å²) in [6, 6.07) is 6.77. The molecule has 0 radical (unpaired) electrons. The molecule has 4 aliphatic rings. The number of pyridine rings is 1. The van der Waals surface area contributed by atoms with Crippen LogP contribution in [0.15, 0.2) is 30.5 Å². The molecule has 1 amide bonds. The first kappa shape index (κ1) is 25.2. The number of aromatic nitrogens is 1. The van der Waals surface area contributed by atoms with Crippen LogP contribution in [-0.4, -0.2) is 82.3 Å². The van der Waals surface area contributed by atoms with Crippen molar-refractivity contribution in [2.24, 2.45) is 5.41 Å². The molecule has 0 bridgehead atoms. The zero-order chi connectivity index (χ0) is 26.3. The van der Waals surface area contributed by atoms with E-state index in [0.29, 0.717) is 66.0 Å². The van der Waals surface area contributed by atoms with Gasteiger partial charge in [-0.2, -0.15) is 0 Å². The van der Waals surface area contributed by atoms with Crippen molar-refractivity contribution >= 4 is 38.8 Å². The van der Waals surface area contributed by atoms with Crippen LogP contribution in [0.2, 0.25) is 0 Å². The molecule has 1 saturated carbocycles. The maximum atomic E-state index is 13.7. The summed E-state index contributed by atoms with van der Waals surface area (Å²) >= 11 is 0. The SMILES string of the molecule is O=C(Nc1ccnc2c1OCC1COCCN21)c1ccc(NS(=O)(=O)CCO)cc1N1CCC2(CC1)CC2. The molecule has 3 fully saturated rings. The minimum absolute atomic E-state index is 0.0947.